The van der Waals surface area contributed by atoms with Gasteiger partial charge in [-0.05, 0) is 49.7 Å². The predicted octanol–water partition coefficient (Wildman–Crippen LogP) is 5.32. The van der Waals surface area contributed by atoms with Gasteiger partial charge < -0.3 is 9.80 Å². The second-order valence-electron chi connectivity index (χ2n) is 12.6. The number of piperazine rings is 2. The van der Waals surface area contributed by atoms with E-state index in [-0.39, 0.29) is 0 Å². The monoisotopic (exact) mass is 566 g/mol. The maximum Gasteiger partial charge on any atom is 0.223 e. The molecule has 6 nitrogen and oxygen atoms in total. The molecule has 4 saturated heterocycles. The Kier molecular flexibility index (Phi) is 9.51. The average Bonchev–Trinajstić information content (AvgIpc) is 3.44. The minimum absolute atomic E-state index is 0.298. The number of likely N-dealkylation sites (tertiary alicyclic amines) is 2. The van der Waals surface area contributed by atoms with Crippen LogP contribution in [-0.4, -0.2) is 94.8 Å². The summed E-state index contributed by atoms with van der Waals surface area (Å²) in [6, 6.07) is 22.2. The van der Waals surface area contributed by atoms with E-state index in [1.54, 1.807) is 0 Å². The number of carbonyl (C=O) groups is 2. The Morgan fingerprint density at radius 1 is 0.571 bits per heavy atom. The molecule has 0 radical (unpaired) electrons. The van der Waals surface area contributed by atoms with Gasteiger partial charge >= 0.3 is 0 Å². The highest BCUT2D eigenvalue weighted by Crippen LogP contribution is 2.32. The van der Waals surface area contributed by atoms with E-state index in [2.05, 4.69) is 92.4 Å². The van der Waals surface area contributed by atoms with Crippen LogP contribution in [0.1, 0.15) is 62.5 Å². The molecule has 4 aliphatic rings. The molecule has 0 aliphatic carbocycles. The molecule has 4 heterocycles. The van der Waals surface area contributed by atoms with Gasteiger partial charge in [0.2, 0.25) is 11.8 Å². The highest BCUT2D eigenvalue weighted by molar-refractivity contribution is 5.78. The first-order valence-electron chi connectivity index (χ1n) is 16.1. The van der Waals surface area contributed by atoms with Crippen LogP contribution >= 0.6 is 0 Å². The third-order valence-electron chi connectivity index (χ3n) is 9.67. The Labute approximate surface area is 251 Å². The number of nitrogens with zero attached hydrogens (tertiary/aromatic N) is 4. The lowest BCUT2D eigenvalue weighted by molar-refractivity contribution is -0.139. The van der Waals surface area contributed by atoms with E-state index < -0.39 is 0 Å². The van der Waals surface area contributed by atoms with Gasteiger partial charge in [0, 0.05) is 76.3 Å². The molecular weight excluding hydrogens is 520 g/mol. The van der Waals surface area contributed by atoms with Crippen LogP contribution in [0.2, 0.25) is 0 Å². The number of fused-ring (bicyclic) bond motifs is 4. The fourth-order valence-corrected chi connectivity index (χ4v) is 7.71. The van der Waals surface area contributed by atoms with Crippen molar-refractivity contribution in [1.29, 1.82) is 0 Å². The summed E-state index contributed by atoms with van der Waals surface area (Å²) >= 11 is 0. The van der Waals surface area contributed by atoms with E-state index in [1.807, 2.05) is 12.1 Å². The van der Waals surface area contributed by atoms with Gasteiger partial charge in [0.15, 0.2) is 0 Å². The largest absolute Gasteiger partial charge is 0.334 e. The van der Waals surface area contributed by atoms with Crippen LogP contribution in [0.5, 0.6) is 0 Å². The fourth-order valence-electron chi connectivity index (χ4n) is 7.71. The number of hydrogen-bond donors (Lipinski definition) is 0. The number of hydrogen-bond acceptors (Lipinski definition) is 4. The summed E-state index contributed by atoms with van der Waals surface area (Å²) in [4.78, 5) is 35.8. The molecule has 4 atom stereocenters. The van der Waals surface area contributed by atoms with E-state index in [9.17, 15) is 9.59 Å². The summed E-state index contributed by atoms with van der Waals surface area (Å²) in [7, 11) is 0. The third kappa shape index (κ3) is 7.04. The first kappa shape index (κ1) is 28.9. The Bertz CT molecular complexity index is 1120. The lowest BCUT2D eigenvalue weighted by Gasteiger charge is -2.41. The second-order valence-corrected chi connectivity index (χ2v) is 12.6. The molecule has 6 rings (SSSR count). The molecule has 2 aromatic carbocycles. The van der Waals surface area contributed by atoms with Crippen molar-refractivity contribution in [3.05, 3.63) is 83.9 Å². The van der Waals surface area contributed by atoms with Crippen LogP contribution in [0.15, 0.2) is 72.8 Å². The maximum atomic E-state index is 13.2. The van der Waals surface area contributed by atoms with Crippen LogP contribution in [0.4, 0.5) is 0 Å². The zero-order valence-electron chi connectivity index (χ0n) is 24.9. The van der Waals surface area contributed by atoms with Crippen molar-refractivity contribution in [1.82, 2.24) is 19.6 Å². The number of rotatable bonds is 11. The molecule has 2 amide bonds. The summed E-state index contributed by atoms with van der Waals surface area (Å²) in [5, 5.41) is 0. The van der Waals surface area contributed by atoms with Gasteiger partial charge in [0.25, 0.3) is 0 Å². The van der Waals surface area contributed by atoms with Gasteiger partial charge in [-0.25, -0.2) is 0 Å². The standard InChI is InChI=1S/C36H46N4O2/c41-35(39-31-19-20-32(39)26-37(25-31)23-9-15-29-11-3-1-4-12-29)17-7-8-18-36(42)40-33-21-22-34(40)28-38(27-33)24-10-16-30-13-5-2-6-14-30/h1-6,9-16,31-34H,7-8,17-28H2/b15-9+,16-10+/t31-,32+,33-,34+. The zero-order chi connectivity index (χ0) is 28.7. The van der Waals surface area contributed by atoms with Crippen LogP contribution in [0.25, 0.3) is 12.2 Å². The number of unbranched alkanes of at least 4 members (excludes halogenated alkanes) is 1. The lowest BCUT2D eigenvalue weighted by Crippen LogP contribution is -2.55. The van der Waals surface area contributed by atoms with Crippen molar-refractivity contribution in [3.63, 3.8) is 0 Å². The van der Waals surface area contributed by atoms with Gasteiger partial charge in [-0.15, -0.1) is 0 Å². The molecule has 42 heavy (non-hydrogen) atoms. The fraction of sp³-hybridized carbons (Fsp3) is 0.500. The first-order chi connectivity index (χ1) is 20.6. The van der Waals surface area contributed by atoms with Crippen molar-refractivity contribution >= 4 is 24.0 Å². The molecule has 4 bridgehead atoms. The molecule has 222 valence electrons. The van der Waals surface area contributed by atoms with Crippen LogP contribution < -0.4 is 0 Å². The SMILES string of the molecule is O=C(CCCCC(=O)N1[C@@H]2CC[C@H]1CN(C/C=C/c1ccccc1)C2)N1[C@@H]2CC[C@H]1CN(C/C=C/c1ccccc1)C2. The normalized spacial score (nSPS) is 26.1. The smallest absolute Gasteiger partial charge is 0.223 e. The second kappa shape index (κ2) is 13.8. The highest BCUT2D eigenvalue weighted by Gasteiger charge is 2.43. The quantitative estimate of drug-likeness (QED) is 0.345. The van der Waals surface area contributed by atoms with Crippen LogP contribution in [0.3, 0.4) is 0 Å². The Morgan fingerprint density at radius 3 is 1.29 bits per heavy atom. The summed E-state index contributed by atoms with van der Waals surface area (Å²) in [5.74, 6) is 0.596. The van der Waals surface area contributed by atoms with E-state index in [0.717, 1.165) is 77.8 Å². The van der Waals surface area contributed by atoms with E-state index in [4.69, 9.17) is 0 Å². The van der Waals surface area contributed by atoms with Crippen LogP contribution in [-0.2, 0) is 9.59 Å². The molecular formula is C36H46N4O2. The van der Waals surface area contributed by atoms with Crippen molar-refractivity contribution in [2.24, 2.45) is 0 Å². The summed E-state index contributed by atoms with van der Waals surface area (Å²) in [6.07, 6.45) is 16.1. The molecule has 0 spiro atoms. The molecule has 0 aromatic heterocycles. The third-order valence-corrected chi connectivity index (χ3v) is 9.67. The van der Waals surface area contributed by atoms with Gasteiger partial charge in [0.05, 0.1) is 0 Å². The van der Waals surface area contributed by atoms with E-state index in [1.165, 1.54) is 11.1 Å². The van der Waals surface area contributed by atoms with Gasteiger partial charge in [-0.1, -0.05) is 85.0 Å². The van der Waals surface area contributed by atoms with E-state index in [0.29, 0.717) is 48.8 Å². The Hall–Kier alpha value is -3.22. The summed E-state index contributed by atoms with van der Waals surface area (Å²) < 4.78 is 0. The Morgan fingerprint density at radius 2 is 0.929 bits per heavy atom. The summed E-state index contributed by atoms with van der Waals surface area (Å²) in [6.45, 7) is 5.75. The van der Waals surface area contributed by atoms with Crippen molar-refractivity contribution in [3.8, 4) is 0 Å². The molecule has 4 fully saturated rings. The molecule has 6 heteroatoms. The number of amides is 2. The minimum atomic E-state index is 0.298. The topological polar surface area (TPSA) is 47.1 Å². The zero-order valence-corrected chi connectivity index (χ0v) is 24.9. The number of benzene rings is 2. The lowest BCUT2D eigenvalue weighted by atomic mass is 10.1. The van der Waals surface area contributed by atoms with Gasteiger partial charge in [0.1, 0.15) is 0 Å². The van der Waals surface area contributed by atoms with E-state index >= 15 is 0 Å². The molecule has 0 N–H and O–H groups in total. The molecule has 4 aliphatic heterocycles. The van der Waals surface area contributed by atoms with Crippen molar-refractivity contribution in [2.75, 3.05) is 39.3 Å². The molecule has 0 saturated carbocycles. The Balaban J connectivity index is 0.897. The molecule has 0 unspecified atom stereocenters. The minimum Gasteiger partial charge on any atom is -0.334 e. The summed E-state index contributed by atoms with van der Waals surface area (Å²) in [5.41, 5.74) is 2.46. The van der Waals surface area contributed by atoms with Gasteiger partial charge in [-0.3, -0.25) is 19.4 Å². The van der Waals surface area contributed by atoms with Gasteiger partial charge in [-0.2, -0.15) is 0 Å². The molecule has 2 aromatic rings. The first-order valence-corrected chi connectivity index (χ1v) is 16.1. The van der Waals surface area contributed by atoms with Crippen molar-refractivity contribution in [2.45, 2.75) is 75.5 Å². The maximum absolute atomic E-state index is 13.2. The average molecular weight is 567 g/mol. The predicted molar refractivity (Wildman–Crippen MR) is 170 cm³/mol. The number of carbonyl (C=O) groups excluding carboxylic acids is 2. The highest BCUT2D eigenvalue weighted by atomic mass is 16.2. The van der Waals surface area contributed by atoms with Crippen molar-refractivity contribution < 1.29 is 9.59 Å². The van der Waals surface area contributed by atoms with Crippen LogP contribution in [0, 0.1) is 0 Å².